The van der Waals surface area contributed by atoms with Crippen molar-refractivity contribution in [1.29, 1.82) is 0 Å². The number of amides is 1. The number of hydrogen-bond acceptors (Lipinski definition) is 6. The fourth-order valence-corrected chi connectivity index (χ4v) is 4.33. The van der Waals surface area contributed by atoms with Crippen molar-refractivity contribution in [2.24, 2.45) is 0 Å². The van der Waals surface area contributed by atoms with Crippen molar-refractivity contribution < 1.29 is 17.9 Å². The number of rotatable bonds is 9. The molecule has 8 heteroatoms. The van der Waals surface area contributed by atoms with Crippen molar-refractivity contribution in [2.45, 2.75) is 24.9 Å². The third-order valence-corrected chi connectivity index (χ3v) is 6.57. The topological polar surface area (TPSA) is 85.4 Å². The molecule has 1 heterocycles. The molecule has 6 nitrogen and oxygen atoms in total. The van der Waals surface area contributed by atoms with E-state index in [9.17, 15) is 13.2 Å². The molecule has 2 aromatic rings. The highest BCUT2D eigenvalue weighted by Gasteiger charge is 2.28. The van der Waals surface area contributed by atoms with E-state index in [-0.39, 0.29) is 12.3 Å². The number of ether oxygens (including phenoxy) is 1. The highest BCUT2D eigenvalue weighted by atomic mass is 32.2. The van der Waals surface area contributed by atoms with Crippen LogP contribution in [0.5, 0.6) is 5.75 Å². The van der Waals surface area contributed by atoms with Gasteiger partial charge in [-0.3, -0.25) is 4.79 Å². The number of nitrogens with zero attached hydrogens (tertiary/aromatic N) is 1. The van der Waals surface area contributed by atoms with Gasteiger partial charge >= 0.3 is 0 Å². The fraction of sp³-hybridized carbons (Fsp3) is 0.333. The summed E-state index contributed by atoms with van der Waals surface area (Å²) in [6.45, 7) is 7.62. The monoisotopic (exact) mass is 394 g/mol. The van der Waals surface area contributed by atoms with Gasteiger partial charge < -0.3 is 10.1 Å². The van der Waals surface area contributed by atoms with Gasteiger partial charge in [0.15, 0.2) is 9.84 Å². The first kappa shape index (κ1) is 20.1. The summed E-state index contributed by atoms with van der Waals surface area (Å²) in [6, 6.07) is 7.46. The Labute approximate surface area is 157 Å². The molecule has 140 valence electrons. The van der Waals surface area contributed by atoms with E-state index in [0.29, 0.717) is 12.3 Å². The van der Waals surface area contributed by atoms with Crippen LogP contribution in [-0.4, -0.2) is 37.7 Å². The summed E-state index contributed by atoms with van der Waals surface area (Å²) < 4.78 is 30.3. The van der Waals surface area contributed by atoms with Gasteiger partial charge in [0.1, 0.15) is 16.0 Å². The molecule has 0 saturated carbocycles. The average Bonchev–Trinajstić information content (AvgIpc) is 3.07. The van der Waals surface area contributed by atoms with Gasteiger partial charge in [-0.25, -0.2) is 13.4 Å². The van der Waals surface area contributed by atoms with Crippen LogP contribution in [0.3, 0.4) is 0 Å². The maximum Gasteiger partial charge on any atom is 0.238 e. The minimum Gasteiger partial charge on any atom is -0.494 e. The first-order chi connectivity index (χ1) is 12.4. The van der Waals surface area contributed by atoms with Crippen molar-refractivity contribution in [3.8, 4) is 16.3 Å². The van der Waals surface area contributed by atoms with E-state index in [1.165, 1.54) is 24.3 Å². The van der Waals surface area contributed by atoms with Crippen molar-refractivity contribution in [2.75, 3.05) is 13.2 Å². The molecule has 0 bridgehead atoms. The first-order valence-electron chi connectivity index (χ1n) is 8.15. The number of sulfone groups is 1. The molecule has 0 aliphatic heterocycles. The van der Waals surface area contributed by atoms with Crippen molar-refractivity contribution in [3.05, 3.63) is 48.0 Å². The van der Waals surface area contributed by atoms with E-state index in [0.717, 1.165) is 16.3 Å². The number of carbonyl (C=O) groups is 1. The molecule has 0 aliphatic carbocycles. The Morgan fingerprint density at radius 3 is 2.69 bits per heavy atom. The quantitative estimate of drug-likeness (QED) is 0.661. The van der Waals surface area contributed by atoms with Gasteiger partial charge in [-0.15, -0.1) is 17.9 Å². The Morgan fingerprint density at radius 2 is 2.08 bits per heavy atom. The standard InChI is InChI=1S/C18H22N2O4S2/c1-4-10-19-17(21)13(3)26(22,23)12-15-11-25-18(20-15)14-6-8-16(9-7-14)24-5-2/h4,6-9,11,13H,1,5,10,12H2,2-3H3,(H,19,21). The van der Waals surface area contributed by atoms with Crippen LogP contribution in [0.4, 0.5) is 0 Å². The lowest BCUT2D eigenvalue weighted by Gasteiger charge is -2.11. The van der Waals surface area contributed by atoms with Crippen LogP contribution >= 0.6 is 11.3 Å². The molecule has 1 aromatic carbocycles. The molecular formula is C18H22N2O4S2. The average molecular weight is 395 g/mol. The predicted molar refractivity (Wildman–Crippen MR) is 104 cm³/mol. The van der Waals surface area contributed by atoms with E-state index in [1.807, 2.05) is 31.2 Å². The van der Waals surface area contributed by atoms with Gasteiger partial charge in [0.05, 0.1) is 18.1 Å². The lowest BCUT2D eigenvalue weighted by molar-refractivity contribution is -0.120. The Hall–Kier alpha value is -2.19. The Balaban J connectivity index is 2.09. The van der Waals surface area contributed by atoms with Gasteiger partial charge in [0, 0.05) is 17.5 Å². The molecule has 1 amide bonds. The van der Waals surface area contributed by atoms with E-state index >= 15 is 0 Å². The molecule has 0 fully saturated rings. The molecule has 0 saturated heterocycles. The van der Waals surface area contributed by atoms with Gasteiger partial charge in [0.2, 0.25) is 5.91 Å². The Morgan fingerprint density at radius 1 is 1.38 bits per heavy atom. The normalized spacial score (nSPS) is 12.4. The second-order valence-electron chi connectivity index (χ2n) is 5.58. The van der Waals surface area contributed by atoms with E-state index in [4.69, 9.17) is 4.74 Å². The summed E-state index contributed by atoms with van der Waals surface area (Å²) >= 11 is 1.37. The smallest absolute Gasteiger partial charge is 0.238 e. The second kappa shape index (κ2) is 8.95. The highest BCUT2D eigenvalue weighted by Crippen LogP contribution is 2.26. The summed E-state index contributed by atoms with van der Waals surface area (Å²) in [4.78, 5) is 16.3. The Bertz CT molecular complexity index is 858. The lowest BCUT2D eigenvalue weighted by atomic mass is 10.2. The van der Waals surface area contributed by atoms with E-state index < -0.39 is 21.0 Å². The minimum absolute atomic E-state index is 0.233. The zero-order valence-corrected chi connectivity index (χ0v) is 16.4. The van der Waals surface area contributed by atoms with Gasteiger partial charge in [0.25, 0.3) is 0 Å². The minimum atomic E-state index is -3.65. The third-order valence-electron chi connectivity index (χ3n) is 3.64. The summed E-state index contributed by atoms with van der Waals surface area (Å²) in [5.41, 5.74) is 1.32. The van der Waals surface area contributed by atoms with Crippen LogP contribution in [0, 0.1) is 0 Å². The number of benzene rings is 1. The number of nitrogens with one attached hydrogen (secondary N) is 1. The molecule has 26 heavy (non-hydrogen) atoms. The summed E-state index contributed by atoms with van der Waals surface area (Å²) in [5.74, 6) is -0.0368. The number of hydrogen-bond donors (Lipinski definition) is 1. The SMILES string of the molecule is C=CCNC(=O)C(C)S(=O)(=O)Cc1csc(-c2ccc(OCC)cc2)n1. The first-order valence-corrected chi connectivity index (χ1v) is 10.7. The highest BCUT2D eigenvalue weighted by molar-refractivity contribution is 7.92. The maximum atomic E-state index is 12.4. The molecule has 1 aromatic heterocycles. The number of thiazole rings is 1. The summed E-state index contributed by atoms with van der Waals surface area (Å²) in [7, 11) is -3.65. The van der Waals surface area contributed by atoms with Crippen LogP contribution in [-0.2, 0) is 20.4 Å². The van der Waals surface area contributed by atoms with Crippen molar-refractivity contribution in [1.82, 2.24) is 10.3 Å². The van der Waals surface area contributed by atoms with Gasteiger partial charge in [-0.05, 0) is 38.1 Å². The molecule has 1 unspecified atom stereocenters. The van der Waals surface area contributed by atoms with E-state index in [1.54, 1.807) is 5.38 Å². The Kier molecular flexibility index (Phi) is 6.93. The summed E-state index contributed by atoms with van der Waals surface area (Å²) in [5, 5.41) is 3.79. The van der Waals surface area contributed by atoms with Gasteiger partial charge in [-0.1, -0.05) is 6.08 Å². The lowest BCUT2D eigenvalue weighted by Crippen LogP contribution is -2.38. The van der Waals surface area contributed by atoms with Crippen molar-refractivity contribution in [3.63, 3.8) is 0 Å². The molecule has 0 aliphatic rings. The maximum absolute atomic E-state index is 12.4. The largest absolute Gasteiger partial charge is 0.494 e. The predicted octanol–water partition coefficient (Wildman–Crippen LogP) is 2.81. The number of aromatic nitrogens is 1. The zero-order valence-electron chi connectivity index (χ0n) is 14.8. The molecular weight excluding hydrogens is 372 g/mol. The summed E-state index contributed by atoms with van der Waals surface area (Å²) in [6.07, 6.45) is 1.50. The second-order valence-corrected chi connectivity index (χ2v) is 8.76. The van der Waals surface area contributed by atoms with Crippen LogP contribution in [0.2, 0.25) is 0 Å². The van der Waals surface area contributed by atoms with Gasteiger partial charge in [-0.2, -0.15) is 0 Å². The molecule has 0 radical (unpaired) electrons. The van der Waals surface area contributed by atoms with Crippen molar-refractivity contribution >= 4 is 27.1 Å². The van der Waals surface area contributed by atoms with Crippen LogP contribution < -0.4 is 10.1 Å². The van der Waals surface area contributed by atoms with E-state index in [2.05, 4.69) is 16.9 Å². The van der Waals surface area contributed by atoms with Crippen LogP contribution in [0.1, 0.15) is 19.5 Å². The molecule has 0 spiro atoms. The van der Waals surface area contributed by atoms with Crippen LogP contribution in [0.25, 0.3) is 10.6 Å². The number of carbonyl (C=O) groups excluding carboxylic acids is 1. The zero-order chi connectivity index (χ0) is 19.2. The van der Waals surface area contributed by atoms with Crippen LogP contribution in [0.15, 0.2) is 42.3 Å². The molecule has 2 rings (SSSR count). The molecule has 1 atom stereocenters. The fourth-order valence-electron chi connectivity index (χ4n) is 2.18. The third kappa shape index (κ3) is 5.15. The molecule has 1 N–H and O–H groups in total.